The lowest BCUT2D eigenvalue weighted by atomic mass is 10.2. The van der Waals surface area contributed by atoms with Crippen molar-refractivity contribution >= 4 is 50.4 Å². The second-order valence-electron chi connectivity index (χ2n) is 3.92. The van der Waals surface area contributed by atoms with E-state index in [-0.39, 0.29) is 0 Å². The highest BCUT2D eigenvalue weighted by Gasteiger charge is 2.09. The van der Waals surface area contributed by atoms with Crippen molar-refractivity contribution in [1.82, 2.24) is 9.97 Å². The summed E-state index contributed by atoms with van der Waals surface area (Å²) in [5, 5.41) is 0.996. The highest BCUT2D eigenvalue weighted by Crippen LogP contribution is 2.34. The first-order valence-electron chi connectivity index (χ1n) is 5.49. The fourth-order valence-electron chi connectivity index (χ4n) is 1.90. The van der Waals surface area contributed by atoms with Gasteiger partial charge in [-0.3, -0.25) is 4.98 Å². The standard InChI is InChI=1S/C13H9BrN2OS2/c1-17-9-3-2-7-10(18)4-8(11-5-15-6-19-11)16-13(7)12(9)14/h2-6H,1H3,(H,16,18). The Kier molecular flexibility index (Phi) is 3.38. The third-order valence-corrected chi connectivity index (χ3v) is 4.76. The Hall–Kier alpha value is -1.24. The fraction of sp³-hybridized carbons (Fsp3) is 0.0769. The van der Waals surface area contributed by atoms with Crippen LogP contribution in [0.25, 0.3) is 21.5 Å². The van der Waals surface area contributed by atoms with Crippen LogP contribution < -0.4 is 4.74 Å². The molecule has 96 valence electrons. The molecule has 2 aromatic heterocycles. The third kappa shape index (κ3) is 2.20. The van der Waals surface area contributed by atoms with Crippen molar-refractivity contribution in [3.63, 3.8) is 0 Å². The van der Waals surface area contributed by atoms with E-state index in [0.29, 0.717) is 0 Å². The maximum atomic E-state index is 5.46. The molecule has 19 heavy (non-hydrogen) atoms. The molecule has 0 amide bonds. The molecule has 1 N–H and O–H groups in total. The van der Waals surface area contributed by atoms with Crippen LogP contribution in [0.1, 0.15) is 0 Å². The number of benzene rings is 1. The van der Waals surface area contributed by atoms with Gasteiger partial charge in [0.2, 0.25) is 0 Å². The number of hydrogen-bond donors (Lipinski definition) is 1. The lowest BCUT2D eigenvalue weighted by Crippen LogP contribution is -1.90. The molecular weight excluding hydrogens is 344 g/mol. The molecule has 0 spiro atoms. The molecule has 2 heterocycles. The number of halogens is 1. The minimum absolute atomic E-state index is 0.777. The molecule has 0 aliphatic rings. The highest BCUT2D eigenvalue weighted by atomic mass is 79.9. The predicted molar refractivity (Wildman–Crippen MR) is 84.5 cm³/mol. The molecule has 3 nitrogen and oxygen atoms in total. The van der Waals surface area contributed by atoms with E-state index >= 15 is 0 Å². The number of nitrogens with one attached hydrogen (secondary N) is 1. The van der Waals surface area contributed by atoms with Crippen molar-refractivity contribution in [3.05, 3.63) is 38.9 Å². The molecule has 0 atom stereocenters. The molecule has 0 bridgehead atoms. The second kappa shape index (κ2) is 5.03. The van der Waals surface area contributed by atoms with E-state index in [0.717, 1.165) is 36.2 Å². The van der Waals surface area contributed by atoms with Crippen LogP contribution >= 0.6 is 39.5 Å². The van der Waals surface area contributed by atoms with Crippen LogP contribution in [-0.2, 0) is 0 Å². The number of thiazole rings is 1. The van der Waals surface area contributed by atoms with Crippen molar-refractivity contribution in [3.8, 4) is 16.3 Å². The molecule has 0 saturated heterocycles. The number of rotatable bonds is 2. The number of H-pyrrole nitrogens is 1. The maximum absolute atomic E-state index is 5.46. The van der Waals surface area contributed by atoms with Crippen molar-refractivity contribution in [2.75, 3.05) is 7.11 Å². The zero-order valence-corrected chi connectivity index (χ0v) is 13.2. The summed E-state index contributed by atoms with van der Waals surface area (Å²) in [6.45, 7) is 0. The predicted octanol–water partition coefficient (Wildman–Crippen LogP) is 4.79. The number of aromatic amines is 1. The number of aromatic nitrogens is 2. The van der Waals surface area contributed by atoms with Gasteiger partial charge in [0.1, 0.15) is 5.75 Å². The van der Waals surface area contributed by atoms with E-state index in [1.165, 1.54) is 0 Å². The molecule has 0 aliphatic carbocycles. The van der Waals surface area contributed by atoms with E-state index < -0.39 is 0 Å². The fourth-order valence-corrected chi connectivity index (χ4v) is 3.39. The minimum Gasteiger partial charge on any atom is -0.495 e. The van der Waals surface area contributed by atoms with Crippen LogP contribution in [0.15, 0.2) is 34.4 Å². The summed E-state index contributed by atoms with van der Waals surface area (Å²) in [5.74, 6) is 0.777. The molecule has 3 aromatic rings. The summed E-state index contributed by atoms with van der Waals surface area (Å²) in [4.78, 5) is 8.54. The van der Waals surface area contributed by atoms with E-state index in [1.54, 1.807) is 24.0 Å². The summed E-state index contributed by atoms with van der Waals surface area (Å²) in [6, 6.07) is 5.83. The first-order valence-corrected chi connectivity index (χ1v) is 7.57. The Balaban J connectivity index is 2.35. The van der Waals surface area contributed by atoms with Crippen LogP contribution in [0, 0.1) is 4.51 Å². The van der Waals surface area contributed by atoms with Crippen molar-refractivity contribution < 1.29 is 4.74 Å². The zero-order valence-electron chi connectivity index (χ0n) is 9.94. The molecule has 0 radical (unpaired) electrons. The Morgan fingerprint density at radius 3 is 2.95 bits per heavy atom. The number of nitrogens with zero attached hydrogens (tertiary/aromatic N) is 1. The molecular formula is C13H9BrN2OS2. The lowest BCUT2D eigenvalue weighted by molar-refractivity contribution is 0.413. The average Bonchev–Trinajstić information content (AvgIpc) is 2.94. The molecule has 0 aliphatic heterocycles. The smallest absolute Gasteiger partial charge is 0.135 e. The number of ether oxygens (including phenoxy) is 1. The molecule has 0 unspecified atom stereocenters. The number of hydrogen-bond acceptors (Lipinski definition) is 4. The van der Waals surface area contributed by atoms with E-state index in [4.69, 9.17) is 17.0 Å². The Bertz CT molecular complexity index is 796. The monoisotopic (exact) mass is 352 g/mol. The second-order valence-corrected chi connectivity index (χ2v) is 6.04. The quantitative estimate of drug-likeness (QED) is 0.673. The number of fused-ring (bicyclic) bond motifs is 1. The van der Waals surface area contributed by atoms with Gasteiger partial charge in [0.05, 0.1) is 33.2 Å². The topological polar surface area (TPSA) is 37.9 Å². The van der Waals surface area contributed by atoms with Gasteiger partial charge in [-0.25, -0.2) is 0 Å². The summed E-state index contributed by atoms with van der Waals surface area (Å²) in [7, 11) is 1.65. The number of pyridine rings is 1. The van der Waals surface area contributed by atoms with Gasteiger partial charge in [-0.15, -0.1) is 11.3 Å². The van der Waals surface area contributed by atoms with Gasteiger partial charge in [-0.2, -0.15) is 0 Å². The highest BCUT2D eigenvalue weighted by molar-refractivity contribution is 9.10. The van der Waals surface area contributed by atoms with Crippen molar-refractivity contribution in [2.45, 2.75) is 0 Å². The van der Waals surface area contributed by atoms with E-state index in [2.05, 4.69) is 25.9 Å². The minimum atomic E-state index is 0.777. The van der Waals surface area contributed by atoms with E-state index in [9.17, 15) is 0 Å². The summed E-state index contributed by atoms with van der Waals surface area (Å²) >= 11 is 10.6. The summed E-state index contributed by atoms with van der Waals surface area (Å²) in [5.41, 5.74) is 3.71. The molecule has 0 saturated carbocycles. The average molecular weight is 353 g/mol. The first kappa shape index (κ1) is 12.8. The van der Waals surface area contributed by atoms with Crippen LogP contribution in [-0.4, -0.2) is 17.1 Å². The van der Waals surface area contributed by atoms with Crippen LogP contribution in [0.2, 0.25) is 0 Å². The molecule has 6 heteroatoms. The van der Waals surface area contributed by atoms with E-state index in [1.807, 2.05) is 24.4 Å². The van der Waals surface area contributed by atoms with Gasteiger partial charge >= 0.3 is 0 Å². The van der Waals surface area contributed by atoms with Crippen LogP contribution in [0.4, 0.5) is 0 Å². The van der Waals surface area contributed by atoms with Gasteiger partial charge in [0, 0.05) is 16.1 Å². The van der Waals surface area contributed by atoms with Crippen molar-refractivity contribution in [1.29, 1.82) is 0 Å². The van der Waals surface area contributed by atoms with Gasteiger partial charge in [-0.05, 0) is 34.1 Å². The van der Waals surface area contributed by atoms with Crippen LogP contribution in [0.5, 0.6) is 5.75 Å². The largest absolute Gasteiger partial charge is 0.495 e. The first-order chi connectivity index (χ1) is 9.20. The van der Waals surface area contributed by atoms with Gasteiger partial charge in [-0.1, -0.05) is 12.2 Å². The lowest BCUT2D eigenvalue weighted by Gasteiger charge is -2.09. The Labute approximate surface area is 127 Å². The molecule has 0 fully saturated rings. The van der Waals surface area contributed by atoms with Gasteiger partial charge < -0.3 is 9.72 Å². The molecule has 3 rings (SSSR count). The third-order valence-electron chi connectivity index (χ3n) is 2.82. The number of methoxy groups -OCH3 is 1. The maximum Gasteiger partial charge on any atom is 0.135 e. The van der Waals surface area contributed by atoms with Crippen LogP contribution in [0.3, 0.4) is 0 Å². The molecule has 1 aromatic carbocycles. The SMILES string of the molecule is COc1ccc2c(=S)cc(-c3cncs3)[nH]c2c1Br. The zero-order chi connectivity index (χ0) is 13.4. The normalized spacial score (nSPS) is 10.8. The summed E-state index contributed by atoms with van der Waals surface area (Å²) < 4.78 is 7.00. The Morgan fingerprint density at radius 1 is 1.42 bits per heavy atom. The van der Waals surface area contributed by atoms with Gasteiger partial charge in [0.25, 0.3) is 0 Å². The Morgan fingerprint density at radius 2 is 2.26 bits per heavy atom. The summed E-state index contributed by atoms with van der Waals surface area (Å²) in [6.07, 6.45) is 1.82. The van der Waals surface area contributed by atoms with Crippen molar-refractivity contribution in [2.24, 2.45) is 0 Å². The van der Waals surface area contributed by atoms with Gasteiger partial charge in [0.15, 0.2) is 0 Å².